The Labute approximate surface area is 120 Å². The summed E-state index contributed by atoms with van der Waals surface area (Å²) < 4.78 is 12.6. The van der Waals surface area contributed by atoms with Crippen LogP contribution in [0.5, 0.6) is 0 Å². The van der Waals surface area contributed by atoms with Crippen LogP contribution in [0.2, 0.25) is 0 Å². The highest BCUT2D eigenvalue weighted by molar-refractivity contribution is 5.25. The molecule has 1 spiro atoms. The van der Waals surface area contributed by atoms with Crippen molar-refractivity contribution in [1.29, 1.82) is 0 Å². The second kappa shape index (κ2) is 4.36. The SMILES string of the molecule is C[C@@]12C=C(OCc3ccccc3)[C@@H]3CCC[C@]3(CC1)O2. The predicted molar refractivity (Wildman–Crippen MR) is 78.1 cm³/mol. The molecule has 0 radical (unpaired) electrons. The average Bonchev–Trinajstić information content (AvgIpc) is 3.00. The van der Waals surface area contributed by atoms with E-state index in [2.05, 4.69) is 37.3 Å². The average molecular weight is 270 g/mol. The molecule has 0 unspecified atom stereocenters. The summed E-state index contributed by atoms with van der Waals surface area (Å²) in [5, 5.41) is 0. The van der Waals surface area contributed by atoms with Gasteiger partial charge in [0.1, 0.15) is 12.4 Å². The van der Waals surface area contributed by atoms with Crippen LogP contribution in [0.15, 0.2) is 42.2 Å². The highest BCUT2D eigenvalue weighted by atomic mass is 16.5. The first-order chi connectivity index (χ1) is 9.69. The summed E-state index contributed by atoms with van der Waals surface area (Å²) in [5.41, 5.74) is 1.24. The zero-order chi connectivity index (χ0) is 13.6. The first-order valence-electron chi connectivity index (χ1n) is 7.79. The van der Waals surface area contributed by atoms with Crippen LogP contribution in [-0.2, 0) is 16.1 Å². The van der Waals surface area contributed by atoms with Crippen LogP contribution in [0, 0.1) is 5.92 Å². The molecule has 0 aromatic heterocycles. The molecule has 2 fully saturated rings. The van der Waals surface area contributed by atoms with Crippen molar-refractivity contribution in [3.05, 3.63) is 47.7 Å². The number of fused-ring (bicyclic) bond motifs is 1. The van der Waals surface area contributed by atoms with Crippen molar-refractivity contribution in [2.45, 2.75) is 56.8 Å². The molecule has 2 bridgehead atoms. The number of hydrogen-bond acceptors (Lipinski definition) is 2. The van der Waals surface area contributed by atoms with Crippen LogP contribution in [0.1, 0.15) is 44.6 Å². The van der Waals surface area contributed by atoms with E-state index in [0.717, 1.165) is 6.42 Å². The van der Waals surface area contributed by atoms with Gasteiger partial charge in [0, 0.05) is 5.92 Å². The maximum absolute atomic E-state index is 6.42. The Hall–Kier alpha value is -1.28. The molecule has 1 saturated heterocycles. The topological polar surface area (TPSA) is 18.5 Å². The molecule has 4 rings (SSSR count). The van der Waals surface area contributed by atoms with Crippen molar-refractivity contribution in [3.8, 4) is 0 Å². The fourth-order valence-electron chi connectivity index (χ4n) is 4.28. The third-order valence-corrected chi connectivity index (χ3v) is 5.25. The lowest BCUT2D eigenvalue weighted by atomic mass is 9.87. The summed E-state index contributed by atoms with van der Waals surface area (Å²) in [6, 6.07) is 10.4. The van der Waals surface area contributed by atoms with Gasteiger partial charge in [-0.3, -0.25) is 0 Å². The van der Waals surface area contributed by atoms with Crippen molar-refractivity contribution in [1.82, 2.24) is 0 Å². The molecule has 2 heterocycles. The Morgan fingerprint density at radius 3 is 2.90 bits per heavy atom. The van der Waals surface area contributed by atoms with Gasteiger partial charge in [-0.2, -0.15) is 0 Å². The standard InChI is InChI=1S/C18H22O2/c1-17-10-11-18(20-17)9-5-8-15(18)16(12-17)19-13-14-6-3-2-4-7-14/h2-4,6-7,12,15H,5,8-11,13H2,1H3/t15-,17-,18+/m0/s1. The minimum Gasteiger partial charge on any atom is -0.493 e. The zero-order valence-corrected chi connectivity index (χ0v) is 12.1. The van der Waals surface area contributed by atoms with Gasteiger partial charge in [-0.05, 0) is 50.7 Å². The van der Waals surface area contributed by atoms with Crippen molar-refractivity contribution in [2.24, 2.45) is 5.92 Å². The number of rotatable bonds is 3. The van der Waals surface area contributed by atoms with Gasteiger partial charge in [-0.15, -0.1) is 0 Å². The second-order valence-corrected chi connectivity index (χ2v) is 6.75. The first kappa shape index (κ1) is 12.5. The molecule has 1 aromatic rings. The van der Waals surface area contributed by atoms with Gasteiger partial charge in [0.2, 0.25) is 0 Å². The molecule has 1 saturated carbocycles. The summed E-state index contributed by atoms with van der Waals surface area (Å²) in [4.78, 5) is 0. The minimum atomic E-state index is -0.0904. The van der Waals surface area contributed by atoms with Crippen molar-refractivity contribution in [2.75, 3.05) is 0 Å². The Bertz CT molecular complexity index is 536. The van der Waals surface area contributed by atoms with Gasteiger partial charge in [0.15, 0.2) is 0 Å². The van der Waals surface area contributed by atoms with Gasteiger partial charge >= 0.3 is 0 Å². The van der Waals surface area contributed by atoms with E-state index in [0.29, 0.717) is 12.5 Å². The molecule has 3 aliphatic rings. The summed E-state index contributed by atoms with van der Waals surface area (Å²) in [5.74, 6) is 1.68. The third kappa shape index (κ3) is 1.89. The van der Waals surface area contributed by atoms with E-state index in [4.69, 9.17) is 9.47 Å². The monoisotopic (exact) mass is 270 g/mol. The quantitative estimate of drug-likeness (QED) is 0.819. The molecule has 1 aliphatic carbocycles. The highest BCUT2D eigenvalue weighted by Crippen LogP contribution is 2.57. The summed E-state index contributed by atoms with van der Waals surface area (Å²) in [6.45, 7) is 2.89. The van der Waals surface area contributed by atoms with Gasteiger partial charge in [0.05, 0.1) is 11.2 Å². The van der Waals surface area contributed by atoms with Crippen molar-refractivity contribution >= 4 is 0 Å². The lowest BCUT2D eigenvalue weighted by Crippen LogP contribution is -2.41. The smallest absolute Gasteiger partial charge is 0.113 e. The van der Waals surface area contributed by atoms with Crippen LogP contribution in [0.3, 0.4) is 0 Å². The lowest BCUT2D eigenvalue weighted by Gasteiger charge is -2.39. The molecule has 106 valence electrons. The predicted octanol–water partition coefficient (Wildman–Crippen LogP) is 4.21. The molecule has 1 aromatic carbocycles. The van der Waals surface area contributed by atoms with Crippen LogP contribution in [0.25, 0.3) is 0 Å². The first-order valence-corrected chi connectivity index (χ1v) is 7.79. The Morgan fingerprint density at radius 2 is 2.05 bits per heavy atom. The third-order valence-electron chi connectivity index (χ3n) is 5.25. The molecule has 3 atom stereocenters. The maximum Gasteiger partial charge on any atom is 0.113 e. The van der Waals surface area contributed by atoms with Gasteiger partial charge in [0.25, 0.3) is 0 Å². The maximum atomic E-state index is 6.42. The van der Waals surface area contributed by atoms with Gasteiger partial charge in [-0.25, -0.2) is 0 Å². The van der Waals surface area contributed by atoms with E-state index < -0.39 is 0 Å². The fourth-order valence-corrected chi connectivity index (χ4v) is 4.28. The van der Waals surface area contributed by atoms with Crippen LogP contribution in [-0.4, -0.2) is 11.2 Å². The molecular formula is C18H22O2. The van der Waals surface area contributed by atoms with Crippen molar-refractivity contribution in [3.63, 3.8) is 0 Å². The summed E-state index contributed by atoms with van der Waals surface area (Å²) >= 11 is 0. The van der Waals surface area contributed by atoms with E-state index in [9.17, 15) is 0 Å². The molecule has 0 N–H and O–H groups in total. The van der Waals surface area contributed by atoms with E-state index in [1.54, 1.807) is 0 Å². The Morgan fingerprint density at radius 1 is 1.20 bits per heavy atom. The molecule has 20 heavy (non-hydrogen) atoms. The lowest BCUT2D eigenvalue weighted by molar-refractivity contribution is -0.112. The van der Waals surface area contributed by atoms with Crippen LogP contribution in [0.4, 0.5) is 0 Å². The molecule has 2 nitrogen and oxygen atoms in total. The van der Waals surface area contributed by atoms with Gasteiger partial charge < -0.3 is 9.47 Å². The fraction of sp³-hybridized carbons (Fsp3) is 0.556. The molecule has 0 amide bonds. The van der Waals surface area contributed by atoms with E-state index in [-0.39, 0.29) is 11.2 Å². The molecule has 2 heteroatoms. The van der Waals surface area contributed by atoms with E-state index >= 15 is 0 Å². The molecule has 2 aliphatic heterocycles. The number of hydrogen-bond donors (Lipinski definition) is 0. The Kier molecular flexibility index (Phi) is 2.71. The van der Waals surface area contributed by atoms with Crippen LogP contribution < -0.4 is 0 Å². The number of benzene rings is 1. The molecular weight excluding hydrogens is 248 g/mol. The Balaban J connectivity index is 1.57. The summed E-state index contributed by atoms with van der Waals surface area (Å²) in [7, 11) is 0. The van der Waals surface area contributed by atoms with E-state index in [1.165, 1.54) is 37.0 Å². The minimum absolute atomic E-state index is 0.0904. The van der Waals surface area contributed by atoms with Gasteiger partial charge in [-0.1, -0.05) is 30.3 Å². The van der Waals surface area contributed by atoms with E-state index in [1.807, 2.05) is 6.07 Å². The zero-order valence-electron chi connectivity index (χ0n) is 12.1. The van der Waals surface area contributed by atoms with Crippen LogP contribution >= 0.6 is 0 Å². The van der Waals surface area contributed by atoms with Crippen molar-refractivity contribution < 1.29 is 9.47 Å². The largest absolute Gasteiger partial charge is 0.493 e. The normalized spacial score (nSPS) is 38.5. The summed E-state index contributed by atoms with van der Waals surface area (Å²) in [6.07, 6.45) is 8.30. The number of ether oxygens (including phenoxy) is 2. The second-order valence-electron chi connectivity index (χ2n) is 6.75. The highest BCUT2D eigenvalue weighted by Gasteiger charge is 2.57.